The molecule has 3 aromatic heterocycles. The number of aryl methyl sites for hydroxylation is 2. The number of pyridine rings is 1. The summed E-state index contributed by atoms with van der Waals surface area (Å²) in [5, 5.41) is 6.93. The summed E-state index contributed by atoms with van der Waals surface area (Å²) in [6, 6.07) is 9.46. The van der Waals surface area contributed by atoms with E-state index in [2.05, 4.69) is 20.4 Å². The number of ether oxygens (including phenoxy) is 1. The molecule has 36 heavy (non-hydrogen) atoms. The van der Waals surface area contributed by atoms with E-state index in [9.17, 15) is 18.8 Å². The number of aromatic nitrogens is 5. The first-order chi connectivity index (χ1) is 17.4. The number of alkyl carbamates (subject to hydrolysis) is 1. The smallest absolute Gasteiger partial charge is 0.407 e. The third-order valence-electron chi connectivity index (χ3n) is 5.23. The molecular weight excluding hydrogens is 487 g/mol. The molecule has 4 aromatic rings. The van der Waals surface area contributed by atoms with Crippen LogP contribution in [0.25, 0.3) is 5.13 Å². The highest BCUT2D eigenvalue weighted by Crippen LogP contribution is 2.22. The van der Waals surface area contributed by atoms with Crippen LogP contribution in [0.5, 0.6) is 0 Å². The highest BCUT2D eigenvalue weighted by molar-refractivity contribution is 7.16. The van der Waals surface area contributed by atoms with Crippen molar-refractivity contribution in [1.29, 1.82) is 0 Å². The van der Waals surface area contributed by atoms with Crippen molar-refractivity contribution in [2.75, 3.05) is 6.61 Å². The summed E-state index contributed by atoms with van der Waals surface area (Å²) in [5.41, 5.74) is 1.77. The Morgan fingerprint density at radius 2 is 1.97 bits per heavy atom. The van der Waals surface area contributed by atoms with Gasteiger partial charge >= 0.3 is 11.8 Å². The number of carbonyl (C=O) groups excluding carboxylic acids is 2. The molecule has 0 atom stereocenters. The molecule has 12 heteroatoms. The van der Waals surface area contributed by atoms with Gasteiger partial charge < -0.3 is 10.1 Å². The number of benzene rings is 1. The van der Waals surface area contributed by atoms with E-state index in [0.29, 0.717) is 28.5 Å². The van der Waals surface area contributed by atoms with E-state index in [1.54, 1.807) is 31.5 Å². The highest BCUT2D eigenvalue weighted by Gasteiger charge is 2.18. The Kier molecular flexibility index (Phi) is 7.95. The van der Waals surface area contributed by atoms with Crippen LogP contribution in [0.15, 0.2) is 59.9 Å². The fourth-order valence-corrected chi connectivity index (χ4v) is 4.33. The van der Waals surface area contributed by atoms with Gasteiger partial charge in [-0.25, -0.2) is 28.2 Å². The van der Waals surface area contributed by atoms with Crippen molar-refractivity contribution in [3.05, 3.63) is 93.1 Å². The summed E-state index contributed by atoms with van der Waals surface area (Å²) in [6.45, 7) is 1.86. The third kappa shape index (κ3) is 6.27. The van der Waals surface area contributed by atoms with E-state index in [4.69, 9.17) is 4.74 Å². The van der Waals surface area contributed by atoms with Crippen LogP contribution in [-0.4, -0.2) is 42.8 Å². The van der Waals surface area contributed by atoms with Crippen molar-refractivity contribution in [3.63, 3.8) is 0 Å². The number of halogens is 1. The number of hydrogen-bond acceptors (Lipinski definition) is 8. The number of thiazole rings is 1. The van der Waals surface area contributed by atoms with Crippen LogP contribution in [0.2, 0.25) is 0 Å². The monoisotopic (exact) mass is 510 g/mol. The maximum Gasteiger partial charge on any atom is 0.407 e. The van der Waals surface area contributed by atoms with Crippen LogP contribution in [0.3, 0.4) is 0 Å². The standard InChI is InChI=1S/C24H23FN6O4S/c1-16-21(20(32)9-6-17-3-2-10-26-13-17)36-22(29-16)30-15-28-31(24(30)34)11-12-35-23(33)27-14-18-4-7-19(25)8-5-18/h2-5,7-8,10,13,15H,6,9,11-12,14H2,1H3,(H,27,33). The quantitative estimate of drug-likeness (QED) is 0.326. The second-order valence-corrected chi connectivity index (χ2v) is 8.80. The molecule has 0 bridgehead atoms. The summed E-state index contributed by atoms with van der Waals surface area (Å²) in [7, 11) is 0. The van der Waals surface area contributed by atoms with E-state index < -0.39 is 11.8 Å². The zero-order valence-corrected chi connectivity index (χ0v) is 20.2. The van der Waals surface area contributed by atoms with Gasteiger partial charge in [0.1, 0.15) is 18.8 Å². The molecule has 0 fully saturated rings. The number of hydrogen-bond donors (Lipinski definition) is 1. The van der Waals surface area contributed by atoms with E-state index in [1.807, 2.05) is 12.1 Å². The summed E-state index contributed by atoms with van der Waals surface area (Å²) in [5.74, 6) is -0.414. The van der Waals surface area contributed by atoms with Crippen LogP contribution in [0, 0.1) is 12.7 Å². The van der Waals surface area contributed by atoms with Crippen molar-refractivity contribution < 1.29 is 18.7 Å². The molecule has 1 N–H and O–H groups in total. The van der Waals surface area contributed by atoms with Gasteiger partial charge in [0.15, 0.2) is 10.9 Å². The molecule has 4 rings (SSSR count). The Bertz CT molecular complexity index is 1400. The van der Waals surface area contributed by atoms with E-state index >= 15 is 0 Å². The van der Waals surface area contributed by atoms with Gasteiger partial charge in [0, 0.05) is 25.4 Å². The first-order valence-corrected chi connectivity index (χ1v) is 11.9. The highest BCUT2D eigenvalue weighted by atomic mass is 32.1. The second kappa shape index (κ2) is 11.5. The van der Waals surface area contributed by atoms with Gasteiger partial charge in [-0.15, -0.1) is 0 Å². The average molecular weight is 511 g/mol. The minimum absolute atomic E-state index is 0.0387. The number of carbonyl (C=O) groups is 2. The lowest BCUT2D eigenvalue weighted by Crippen LogP contribution is -2.28. The maximum atomic E-state index is 12.9. The Balaban J connectivity index is 1.30. The molecule has 0 radical (unpaired) electrons. The molecule has 1 amide bonds. The lowest BCUT2D eigenvalue weighted by atomic mass is 10.1. The molecule has 10 nitrogen and oxygen atoms in total. The number of rotatable bonds is 10. The fourth-order valence-electron chi connectivity index (χ4n) is 3.34. The van der Waals surface area contributed by atoms with E-state index in [0.717, 1.165) is 27.1 Å². The number of amides is 1. The van der Waals surface area contributed by atoms with Crippen molar-refractivity contribution in [1.82, 2.24) is 29.6 Å². The van der Waals surface area contributed by atoms with Crippen LogP contribution in [-0.2, 0) is 24.2 Å². The van der Waals surface area contributed by atoms with Crippen molar-refractivity contribution in [2.24, 2.45) is 0 Å². The fraction of sp³-hybridized carbons (Fsp3) is 0.250. The maximum absolute atomic E-state index is 12.9. The number of nitrogens with one attached hydrogen (secondary N) is 1. The predicted octanol–water partition coefficient (Wildman–Crippen LogP) is 3.07. The minimum Gasteiger partial charge on any atom is -0.448 e. The predicted molar refractivity (Wildman–Crippen MR) is 130 cm³/mol. The molecule has 186 valence electrons. The summed E-state index contributed by atoms with van der Waals surface area (Å²) >= 11 is 1.13. The van der Waals surface area contributed by atoms with Crippen molar-refractivity contribution >= 4 is 23.2 Å². The first-order valence-electron chi connectivity index (χ1n) is 11.1. The Morgan fingerprint density at radius 1 is 1.17 bits per heavy atom. The zero-order chi connectivity index (χ0) is 25.5. The molecule has 3 heterocycles. The van der Waals surface area contributed by atoms with Gasteiger partial charge in [-0.1, -0.05) is 29.5 Å². The number of nitrogens with zero attached hydrogens (tertiary/aromatic N) is 5. The molecule has 0 saturated heterocycles. The summed E-state index contributed by atoms with van der Waals surface area (Å²) < 4.78 is 20.4. The van der Waals surface area contributed by atoms with Crippen molar-refractivity contribution in [3.8, 4) is 5.13 Å². The summed E-state index contributed by atoms with van der Waals surface area (Å²) in [6.07, 6.45) is 4.93. The first kappa shape index (κ1) is 24.9. The lowest BCUT2D eigenvalue weighted by Gasteiger charge is -2.07. The van der Waals surface area contributed by atoms with E-state index in [-0.39, 0.29) is 31.3 Å². The molecule has 0 saturated carbocycles. The van der Waals surface area contributed by atoms with Gasteiger partial charge in [-0.3, -0.25) is 9.78 Å². The minimum atomic E-state index is -0.670. The average Bonchev–Trinajstić information content (AvgIpc) is 3.45. The largest absolute Gasteiger partial charge is 0.448 e. The molecule has 0 aliphatic carbocycles. The molecule has 0 aliphatic heterocycles. The van der Waals surface area contributed by atoms with Gasteiger partial charge in [-0.2, -0.15) is 5.10 Å². The van der Waals surface area contributed by atoms with Crippen LogP contribution < -0.4 is 11.0 Å². The normalized spacial score (nSPS) is 10.8. The lowest BCUT2D eigenvalue weighted by molar-refractivity contribution is 0.0985. The summed E-state index contributed by atoms with van der Waals surface area (Å²) in [4.78, 5) is 46.2. The Hall–Kier alpha value is -4.19. The second-order valence-electron chi connectivity index (χ2n) is 7.82. The SMILES string of the molecule is Cc1nc(-n2cnn(CCOC(=O)NCc3ccc(F)cc3)c2=O)sc1C(=O)CCc1cccnc1. The van der Waals surface area contributed by atoms with Gasteiger partial charge in [-0.05, 0) is 42.7 Å². The molecule has 1 aromatic carbocycles. The van der Waals surface area contributed by atoms with Crippen LogP contribution in [0.1, 0.15) is 32.9 Å². The topological polar surface area (TPSA) is 121 Å². The van der Waals surface area contributed by atoms with E-state index in [1.165, 1.54) is 23.0 Å². The molecule has 0 unspecified atom stereocenters. The van der Waals surface area contributed by atoms with Gasteiger partial charge in [0.05, 0.1) is 17.1 Å². The molecular formula is C24H23FN6O4S. The number of ketones is 1. The third-order valence-corrected chi connectivity index (χ3v) is 6.43. The van der Waals surface area contributed by atoms with Gasteiger partial charge in [0.25, 0.3) is 0 Å². The molecule has 0 aliphatic rings. The van der Waals surface area contributed by atoms with Crippen LogP contribution in [0.4, 0.5) is 9.18 Å². The van der Waals surface area contributed by atoms with Crippen molar-refractivity contribution in [2.45, 2.75) is 32.9 Å². The Labute approximate surface area is 209 Å². The Morgan fingerprint density at radius 3 is 2.72 bits per heavy atom. The van der Waals surface area contributed by atoms with Crippen LogP contribution >= 0.6 is 11.3 Å². The molecule has 0 spiro atoms. The zero-order valence-electron chi connectivity index (χ0n) is 19.4. The van der Waals surface area contributed by atoms with Gasteiger partial charge in [0.2, 0.25) is 0 Å². The number of Topliss-reactive ketones (excluding diaryl/α,β-unsaturated/α-hetero) is 1.